The van der Waals surface area contributed by atoms with Crippen LogP contribution in [0.3, 0.4) is 0 Å². The minimum Gasteiger partial charge on any atom is -0.296 e. The average Bonchev–Trinajstić information content (AvgIpc) is 2.99. The number of aryl methyl sites for hydroxylation is 1. The van der Waals surface area contributed by atoms with Gasteiger partial charge in [0.05, 0.1) is 6.20 Å². The Morgan fingerprint density at radius 3 is 2.87 bits per heavy atom. The van der Waals surface area contributed by atoms with Gasteiger partial charge in [-0.1, -0.05) is 28.1 Å². The van der Waals surface area contributed by atoms with Crippen molar-refractivity contribution < 1.29 is 4.79 Å². The van der Waals surface area contributed by atoms with Crippen molar-refractivity contribution in [3.05, 3.63) is 69.2 Å². The van der Waals surface area contributed by atoms with Crippen LogP contribution in [0.25, 0.3) is 0 Å². The van der Waals surface area contributed by atoms with Gasteiger partial charge in [-0.2, -0.15) is 0 Å². The molecule has 0 spiro atoms. The summed E-state index contributed by atoms with van der Waals surface area (Å²) in [6.07, 6.45) is 7.01. The third kappa shape index (κ3) is 4.00. The molecule has 3 aromatic rings. The number of carbonyl (C=O) groups excluding carboxylic acids is 1. The van der Waals surface area contributed by atoms with Crippen LogP contribution < -0.4 is 5.32 Å². The van der Waals surface area contributed by atoms with E-state index in [1.165, 1.54) is 41.1 Å². The van der Waals surface area contributed by atoms with Gasteiger partial charge in [-0.05, 0) is 24.1 Å². The third-order valence-corrected chi connectivity index (χ3v) is 4.97. The van der Waals surface area contributed by atoms with E-state index < -0.39 is 0 Å². The Kier molecular flexibility index (Phi) is 4.78. The Balaban J connectivity index is 1.68. The molecule has 2 aromatic heterocycles. The van der Waals surface area contributed by atoms with Crippen LogP contribution in [0, 0.1) is 6.92 Å². The highest BCUT2D eigenvalue weighted by Crippen LogP contribution is 2.24. The number of hydrogen-bond donors (Lipinski definition) is 1. The fraction of sp³-hybridized carbons (Fsp3) is 0.125. The van der Waals surface area contributed by atoms with Gasteiger partial charge in [-0.25, -0.2) is 9.97 Å². The molecule has 0 aliphatic carbocycles. The van der Waals surface area contributed by atoms with Crippen LogP contribution in [0.5, 0.6) is 0 Å². The molecular weight excluding hydrogens is 376 g/mol. The summed E-state index contributed by atoms with van der Waals surface area (Å²) >= 11 is 4.96. The fourth-order valence-corrected chi connectivity index (χ4v) is 3.13. The molecule has 3 rings (SSSR count). The molecule has 0 fully saturated rings. The monoisotopic (exact) mass is 388 g/mol. The quantitative estimate of drug-likeness (QED) is 0.736. The summed E-state index contributed by atoms with van der Waals surface area (Å²) in [5.41, 5.74) is 2.68. The first kappa shape index (κ1) is 15.8. The molecule has 0 unspecified atom stereocenters. The first-order chi connectivity index (χ1) is 11.1. The standard InChI is InChI=1S/C16H13BrN4OS/c1-10-6-11(2-3-13(10)17)7-12-8-20-16(23-12)21-15(22)14-9-18-4-5-19-14/h2-6,8-9H,7H2,1H3,(H,20,21,22). The number of rotatable bonds is 4. The Morgan fingerprint density at radius 1 is 1.26 bits per heavy atom. The molecule has 0 aliphatic rings. The highest BCUT2D eigenvalue weighted by molar-refractivity contribution is 9.10. The lowest BCUT2D eigenvalue weighted by Gasteiger charge is -2.02. The Labute approximate surface area is 146 Å². The summed E-state index contributed by atoms with van der Waals surface area (Å²) in [5.74, 6) is -0.307. The molecule has 7 heteroatoms. The number of aromatic nitrogens is 3. The topological polar surface area (TPSA) is 67.8 Å². The van der Waals surface area contributed by atoms with Crippen LogP contribution in [-0.4, -0.2) is 20.9 Å². The van der Waals surface area contributed by atoms with E-state index >= 15 is 0 Å². The van der Waals surface area contributed by atoms with E-state index in [1.807, 2.05) is 6.07 Å². The first-order valence-electron chi connectivity index (χ1n) is 6.89. The summed E-state index contributed by atoms with van der Waals surface area (Å²) in [6, 6.07) is 6.26. The molecule has 1 N–H and O–H groups in total. The molecule has 0 aliphatic heterocycles. The lowest BCUT2D eigenvalue weighted by Crippen LogP contribution is -2.13. The normalized spacial score (nSPS) is 10.5. The van der Waals surface area contributed by atoms with Gasteiger partial charge in [0.15, 0.2) is 5.13 Å². The lowest BCUT2D eigenvalue weighted by molar-refractivity contribution is 0.102. The van der Waals surface area contributed by atoms with E-state index in [0.29, 0.717) is 5.13 Å². The molecule has 1 aromatic carbocycles. The van der Waals surface area contributed by atoms with Gasteiger partial charge < -0.3 is 0 Å². The van der Waals surface area contributed by atoms with Gasteiger partial charge in [0.25, 0.3) is 5.91 Å². The zero-order valence-electron chi connectivity index (χ0n) is 12.3. The molecule has 23 heavy (non-hydrogen) atoms. The molecule has 2 heterocycles. The van der Waals surface area contributed by atoms with Gasteiger partial charge in [-0.15, -0.1) is 11.3 Å². The van der Waals surface area contributed by atoms with E-state index in [4.69, 9.17) is 0 Å². The SMILES string of the molecule is Cc1cc(Cc2cnc(NC(=O)c3cnccn3)s2)ccc1Br. The van der Waals surface area contributed by atoms with Crippen LogP contribution in [0.2, 0.25) is 0 Å². The second-order valence-corrected chi connectivity index (χ2v) is 6.91. The van der Waals surface area contributed by atoms with E-state index in [2.05, 4.69) is 55.3 Å². The molecular formula is C16H13BrN4OS. The highest BCUT2D eigenvalue weighted by atomic mass is 79.9. The summed E-state index contributed by atoms with van der Waals surface area (Å²) in [5, 5.41) is 3.30. The van der Waals surface area contributed by atoms with Gasteiger partial charge in [0.1, 0.15) is 5.69 Å². The van der Waals surface area contributed by atoms with Crippen molar-refractivity contribution in [1.82, 2.24) is 15.0 Å². The summed E-state index contributed by atoms with van der Waals surface area (Å²) in [6.45, 7) is 2.06. The lowest BCUT2D eigenvalue weighted by atomic mass is 10.1. The van der Waals surface area contributed by atoms with Crippen molar-refractivity contribution in [3.8, 4) is 0 Å². The van der Waals surface area contributed by atoms with E-state index in [0.717, 1.165) is 15.8 Å². The van der Waals surface area contributed by atoms with Crippen LogP contribution >= 0.6 is 27.3 Å². The van der Waals surface area contributed by atoms with Crippen molar-refractivity contribution in [2.45, 2.75) is 13.3 Å². The third-order valence-electron chi connectivity index (χ3n) is 3.17. The van der Waals surface area contributed by atoms with E-state index in [-0.39, 0.29) is 11.6 Å². The molecule has 1 amide bonds. The molecule has 0 saturated carbocycles. The maximum atomic E-state index is 12.0. The largest absolute Gasteiger partial charge is 0.296 e. The number of nitrogens with zero attached hydrogens (tertiary/aromatic N) is 3. The van der Waals surface area contributed by atoms with Crippen molar-refractivity contribution in [2.75, 3.05) is 5.32 Å². The first-order valence-corrected chi connectivity index (χ1v) is 8.50. The number of nitrogens with one attached hydrogen (secondary N) is 1. The number of thiazole rings is 1. The summed E-state index contributed by atoms with van der Waals surface area (Å²) < 4.78 is 1.10. The zero-order chi connectivity index (χ0) is 16.2. The predicted octanol–water partition coefficient (Wildman–Crippen LogP) is 3.85. The second-order valence-electron chi connectivity index (χ2n) is 4.94. The molecule has 0 saturated heterocycles. The van der Waals surface area contributed by atoms with Crippen LogP contribution in [0.4, 0.5) is 5.13 Å². The smallest absolute Gasteiger partial charge is 0.277 e. The Bertz CT molecular complexity index is 835. The minimum atomic E-state index is -0.307. The second kappa shape index (κ2) is 6.97. The Hall–Kier alpha value is -2.12. The molecule has 5 nitrogen and oxygen atoms in total. The number of hydrogen-bond acceptors (Lipinski definition) is 5. The van der Waals surface area contributed by atoms with Crippen molar-refractivity contribution in [2.24, 2.45) is 0 Å². The van der Waals surface area contributed by atoms with Gasteiger partial charge in [0.2, 0.25) is 0 Å². The van der Waals surface area contributed by atoms with Crippen molar-refractivity contribution in [3.63, 3.8) is 0 Å². The predicted molar refractivity (Wildman–Crippen MR) is 93.8 cm³/mol. The van der Waals surface area contributed by atoms with Gasteiger partial charge >= 0.3 is 0 Å². The fourth-order valence-electron chi connectivity index (χ4n) is 2.04. The maximum Gasteiger partial charge on any atom is 0.277 e. The van der Waals surface area contributed by atoms with E-state index in [9.17, 15) is 4.79 Å². The number of anilines is 1. The van der Waals surface area contributed by atoms with Crippen LogP contribution in [-0.2, 0) is 6.42 Å². The maximum absolute atomic E-state index is 12.0. The van der Waals surface area contributed by atoms with Crippen molar-refractivity contribution in [1.29, 1.82) is 0 Å². The average molecular weight is 389 g/mol. The number of carbonyl (C=O) groups is 1. The molecule has 0 radical (unpaired) electrons. The van der Waals surface area contributed by atoms with Gasteiger partial charge in [-0.3, -0.25) is 15.1 Å². The zero-order valence-corrected chi connectivity index (χ0v) is 14.7. The minimum absolute atomic E-state index is 0.271. The Morgan fingerprint density at radius 2 is 2.13 bits per heavy atom. The summed E-state index contributed by atoms with van der Waals surface area (Å²) in [4.78, 5) is 25.2. The van der Waals surface area contributed by atoms with Crippen LogP contribution in [0.15, 0.2) is 47.5 Å². The number of benzene rings is 1. The van der Waals surface area contributed by atoms with Crippen molar-refractivity contribution >= 4 is 38.3 Å². The number of amides is 1. The number of halogens is 1. The molecule has 0 bridgehead atoms. The highest BCUT2D eigenvalue weighted by Gasteiger charge is 2.10. The van der Waals surface area contributed by atoms with E-state index in [1.54, 1.807) is 6.20 Å². The van der Waals surface area contributed by atoms with Crippen LogP contribution in [0.1, 0.15) is 26.5 Å². The molecule has 116 valence electrons. The summed E-state index contributed by atoms with van der Waals surface area (Å²) in [7, 11) is 0. The van der Waals surface area contributed by atoms with Gasteiger partial charge in [0, 0.05) is 34.4 Å². The molecule has 0 atom stereocenters.